The fraction of sp³-hybridized carbons (Fsp3) is 0.429. The Morgan fingerprint density at radius 3 is 2.09 bits per heavy atom. The molecule has 1 heterocycles. The highest BCUT2D eigenvalue weighted by Gasteiger charge is 2.24. The molecular weight excluding hydrogens is 345 g/mol. The van der Waals surface area contributed by atoms with Crippen LogP contribution in [0.5, 0.6) is 0 Å². The molecule has 0 unspecified atom stereocenters. The Morgan fingerprint density at radius 1 is 1.14 bits per heavy atom. The van der Waals surface area contributed by atoms with Crippen molar-refractivity contribution in [3.63, 3.8) is 0 Å². The molecule has 1 aromatic heterocycles. The number of sulfone groups is 1. The average molecular weight is 362 g/mol. The number of anilines is 1. The second kappa shape index (κ2) is 5.83. The third-order valence-corrected chi connectivity index (χ3v) is 5.08. The van der Waals surface area contributed by atoms with Crippen molar-refractivity contribution < 1.29 is 8.42 Å². The van der Waals surface area contributed by atoms with E-state index in [1.54, 1.807) is 6.07 Å². The van der Waals surface area contributed by atoms with Gasteiger partial charge in [0.15, 0.2) is 20.7 Å². The molecule has 2 aromatic rings. The minimum Gasteiger partial charge on any atom is -0.363 e. The summed E-state index contributed by atoms with van der Waals surface area (Å²) in [5.74, 6) is 0.222. The molecule has 0 bridgehead atoms. The summed E-state index contributed by atoms with van der Waals surface area (Å²) in [7, 11) is -3.54. The van der Waals surface area contributed by atoms with Gasteiger partial charge in [0.1, 0.15) is 0 Å². The van der Waals surface area contributed by atoms with Gasteiger partial charge < -0.3 is 5.32 Å². The Kier molecular flexibility index (Phi) is 4.57. The zero-order valence-corrected chi connectivity index (χ0v) is 15.1. The van der Waals surface area contributed by atoms with Crippen molar-refractivity contribution in [2.75, 3.05) is 11.6 Å². The SMILES string of the molecule is CCC(C)(C)Nc1nc2cc(Cl)c(Cl)cc2nc1S(C)(=O)=O. The van der Waals surface area contributed by atoms with Gasteiger partial charge in [-0.1, -0.05) is 30.1 Å². The van der Waals surface area contributed by atoms with Crippen LogP contribution in [0.4, 0.5) is 5.82 Å². The molecule has 5 nitrogen and oxygen atoms in total. The maximum atomic E-state index is 12.0. The van der Waals surface area contributed by atoms with Gasteiger partial charge in [0, 0.05) is 11.8 Å². The summed E-state index contributed by atoms with van der Waals surface area (Å²) in [5.41, 5.74) is 0.545. The lowest BCUT2D eigenvalue weighted by molar-refractivity contribution is 0.541. The molecule has 2 rings (SSSR count). The number of hydrogen-bond acceptors (Lipinski definition) is 5. The molecule has 0 atom stereocenters. The van der Waals surface area contributed by atoms with E-state index in [-0.39, 0.29) is 16.4 Å². The van der Waals surface area contributed by atoms with Crippen molar-refractivity contribution in [2.24, 2.45) is 0 Å². The highest BCUT2D eigenvalue weighted by atomic mass is 35.5. The van der Waals surface area contributed by atoms with Crippen molar-refractivity contribution in [3.8, 4) is 0 Å². The lowest BCUT2D eigenvalue weighted by Gasteiger charge is -2.26. The zero-order chi connectivity index (χ0) is 16.7. The molecular formula is C14H17Cl2N3O2S. The third-order valence-electron chi connectivity index (χ3n) is 3.37. The lowest BCUT2D eigenvalue weighted by Crippen LogP contribution is -2.31. The largest absolute Gasteiger partial charge is 0.363 e. The van der Waals surface area contributed by atoms with Crippen LogP contribution < -0.4 is 5.32 Å². The number of nitrogens with one attached hydrogen (secondary N) is 1. The average Bonchev–Trinajstić information content (AvgIpc) is 2.38. The van der Waals surface area contributed by atoms with E-state index < -0.39 is 9.84 Å². The Morgan fingerprint density at radius 2 is 1.64 bits per heavy atom. The molecule has 8 heteroatoms. The molecule has 120 valence electrons. The van der Waals surface area contributed by atoms with Gasteiger partial charge in [0.2, 0.25) is 0 Å². The second-order valence-corrected chi connectivity index (χ2v) is 8.51. The van der Waals surface area contributed by atoms with Crippen LogP contribution in [0, 0.1) is 0 Å². The molecule has 0 saturated heterocycles. The molecule has 0 radical (unpaired) electrons. The first kappa shape index (κ1) is 17.2. The standard InChI is InChI=1S/C14H17Cl2N3O2S/c1-5-14(2,3)19-12-13(22(4,20)21)18-11-7-9(16)8(15)6-10(11)17-12/h6-7H,5H2,1-4H3,(H,17,19). The normalized spacial score (nSPS) is 12.6. The third kappa shape index (κ3) is 3.62. The minimum atomic E-state index is -3.54. The summed E-state index contributed by atoms with van der Waals surface area (Å²) in [5, 5.41) is 3.69. The predicted octanol–water partition coefficient (Wildman–Crippen LogP) is 3.94. The molecule has 0 aliphatic rings. The van der Waals surface area contributed by atoms with Crippen LogP contribution >= 0.6 is 23.2 Å². The number of hydrogen-bond donors (Lipinski definition) is 1. The van der Waals surface area contributed by atoms with E-state index >= 15 is 0 Å². The number of rotatable bonds is 4. The van der Waals surface area contributed by atoms with Crippen LogP contribution in [0.1, 0.15) is 27.2 Å². The molecule has 0 amide bonds. The van der Waals surface area contributed by atoms with E-state index in [4.69, 9.17) is 23.2 Å². The highest BCUT2D eigenvalue weighted by Crippen LogP contribution is 2.30. The quantitative estimate of drug-likeness (QED) is 0.892. The maximum absolute atomic E-state index is 12.0. The monoisotopic (exact) mass is 361 g/mol. The van der Waals surface area contributed by atoms with Gasteiger partial charge in [0.05, 0.1) is 21.1 Å². The van der Waals surface area contributed by atoms with E-state index in [1.807, 2.05) is 20.8 Å². The fourth-order valence-corrected chi connectivity index (χ4v) is 2.81. The first-order chi connectivity index (χ1) is 10.0. The Hall–Kier alpha value is -1.11. The van der Waals surface area contributed by atoms with Crippen molar-refractivity contribution in [2.45, 2.75) is 37.8 Å². The van der Waals surface area contributed by atoms with Crippen molar-refractivity contribution in [1.82, 2.24) is 9.97 Å². The van der Waals surface area contributed by atoms with Crippen molar-refractivity contribution >= 4 is 49.9 Å². The van der Waals surface area contributed by atoms with Crippen LogP contribution in [-0.2, 0) is 9.84 Å². The van der Waals surface area contributed by atoms with Gasteiger partial charge in [-0.25, -0.2) is 18.4 Å². The first-order valence-electron chi connectivity index (χ1n) is 6.68. The van der Waals surface area contributed by atoms with E-state index in [0.717, 1.165) is 12.7 Å². The van der Waals surface area contributed by atoms with Gasteiger partial charge in [-0.3, -0.25) is 0 Å². The number of benzene rings is 1. The van der Waals surface area contributed by atoms with Crippen LogP contribution in [0.25, 0.3) is 11.0 Å². The van der Waals surface area contributed by atoms with Gasteiger partial charge in [-0.15, -0.1) is 0 Å². The highest BCUT2D eigenvalue weighted by molar-refractivity contribution is 7.90. The summed E-state index contributed by atoms with van der Waals surface area (Å²) < 4.78 is 24.0. The number of nitrogens with zero attached hydrogens (tertiary/aromatic N) is 2. The van der Waals surface area contributed by atoms with Gasteiger partial charge in [-0.05, 0) is 32.4 Å². The van der Waals surface area contributed by atoms with Gasteiger partial charge in [0.25, 0.3) is 0 Å². The van der Waals surface area contributed by atoms with Crippen molar-refractivity contribution in [1.29, 1.82) is 0 Å². The number of fused-ring (bicyclic) bond motifs is 1. The van der Waals surface area contributed by atoms with E-state index in [9.17, 15) is 8.42 Å². The molecule has 1 aromatic carbocycles. The van der Waals surface area contributed by atoms with Crippen LogP contribution in [0.3, 0.4) is 0 Å². The molecule has 0 saturated carbocycles. The molecule has 1 N–H and O–H groups in total. The van der Waals surface area contributed by atoms with E-state index in [1.165, 1.54) is 6.07 Å². The summed E-state index contributed by atoms with van der Waals surface area (Å²) in [6, 6.07) is 3.08. The topological polar surface area (TPSA) is 72.0 Å². The smallest absolute Gasteiger partial charge is 0.198 e. The predicted molar refractivity (Wildman–Crippen MR) is 90.7 cm³/mol. The summed E-state index contributed by atoms with van der Waals surface area (Å²) >= 11 is 11.9. The van der Waals surface area contributed by atoms with Crippen LogP contribution in [0.15, 0.2) is 17.2 Å². The van der Waals surface area contributed by atoms with Crippen LogP contribution in [0.2, 0.25) is 10.0 Å². The second-order valence-electron chi connectivity index (χ2n) is 5.77. The molecule has 0 aliphatic heterocycles. The molecule has 0 spiro atoms. The Balaban J connectivity index is 2.74. The summed E-state index contributed by atoms with van der Waals surface area (Å²) in [6.07, 6.45) is 1.89. The maximum Gasteiger partial charge on any atom is 0.198 e. The Bertz CT molecular complexity index is 836. The van der Waals surface area contributed by atoms with E-state index in [0.29, 0.717) is 21.1 Å². The first-order valence-corrected chi connectivity index (χ1v) is 9.33. The fourth-order valence-electron chi connectivity index (χ4n) is 1.78. The molecule has 0 fully saturated rings. The summed E-state index contributed by atoms with van der Waals surface area (Å²) in [4.78, 5) is 8.59. The summed E-state index contributed by atoms with van der Waals surface area (Å²) in [6.45, 7) is 5.91. The zero-order valence-electron chi connectivity index (χ0n) is 12.7. The number of halogens is 2. The van der Waals surface area contributed by atoms with Gasteiger partial charge >= 0.3 is 0 Å². The van der Waals surface area contributed by atoms with Crippen molar-refractivity contribution in [3.05, 3.63) is 22.2 Å². The lowest BCUT2D eigenvalue weighted by atomic mass is 10.0. The van der Waals surface area contributed by atoms with Gasteiger partial charge in [-0.2, -0.15) is 0 Å². The molecule has 0 aliphatic carbocycles. The number of aromatic nitrogens is 2. The Labute approximate surface area is 140 Å². The minimum absolute atomic E-state index is 0.0973. The molecule has 22 heavy (non-hydrogen) atoms. The van der Waals surface area contributed by atoms with E-state index in [2.05, 4.69) is 15.3 Å². The van der Waals surface area contributed by atoms with Crippen LogP contribution in [-0.4, -0.2) is 30.2 Å².